The highest BCUT2D eigenvalue weighted by Gasteiger charge is 2.37. The van der Waals surface area contributed by atoms with Crippen molar-refractivity contribution in [1.82, 2.24) is 4.90 Å². The molecule has 4 heteroatoms. The number of benzene rings is 1. The van der Waals surface area contributed by atoms with E-state index in [4.69, 9.17) is 11.6 Å². The Labute approximate surface area is 128 Å². The van der Waals surface area contributed by atoms with Crippen molar-refractivity contribution in [3.05, 3.63) is 33.3 Å². The van der Waals surface area contributed by atoms with Crippen molar-refractivity contribution < 1.29 is 4.79 Å². The van der Waals surface area contributed by atoms with Crippen LogP contribution < -0.4 is 0 Å². The molecule has 19 heavy (non-hydrogen) atoms. The zero-order chi connectivity index (χ0) is 14.0. The predicted octanol–water partition coefficient (Wildman–Crippen LogP) is 4.75. The summed E-state index contributed by atoms with van der Waals surface area (Å²) in [5.74, 6) is 0.0955. The van der Waals surface area contributed by atoms with E-state index in [0.29, 0.717) is 16.0 Å². The Kier molecular flexibility index (Phi) is 4.57. The molecule has 0 spiro atoms. The second kappa shape index (κ2) is 5.84. The van der Waals surface area contributed by atoms with Gasteiger partial charge < -0.3 is 4.90 Å². The Hall–Kier alpha value is -0.540. The van der Waals surface area contributed by atoms with Crippen LogP contribution in [0.5, 0.6) is 0 Å². The number of rotatable bonds is 3. The second-order valence-electron chi connectivity index (χ2n) is 5.31. The third-order valence-corrected chi connectivity index (χ3v) is 5.62. The van der Waals surface area contributed by atoms with Gasteiger partial charge in [0.05, 0.1) is 5.02 Å². The van der Waals surface area contributed by atoms with Crippen LogP contribution >= 0.6 is 27.5 Å². The summed E-state index contributed by atoms with van der Waals surface area (Å²) in [6.45, 7) is 6.16. The maximum Gasteiger partial charge on any atom is 0.253 e. The normalized spacial score (nSPS) is 17.8. The molecule has 0 saturated carbocycles. The Morgan fingerprint density at radius 2 is 2.11 bits per heavy atom. The summed E-state index contributed by atoms with van der Waals surface area (Å²) in [6.07, 6.45) is 3.37. The number of carbonyl (C=O) groups is 1. The molecule has 0 aromatic heterocycles. The van der Waals surface area contributed by atoms with Crippen LogP contribution in [0.25, 0.3) is 0 Å². The van der Waals surface area contributed by atoms with Crippen LogP contribution in [-0.2, 0) is 0 Å². The first kappa shape index (κ1) is 14.9. The highest BCUT2D eigenvalue weighted by atomic mass is 79.9. The summed E-state index contributed by atoms with van der Waals surface area (Å²) in [5, 5.41) is 0.585. The third kappa shape index (κ3) is 2.97. The zero-order valence-electron chi connectivity index (χ0n) is 11.4. The number of nitrogens with zero attached hydrogens (tertiary/aromatic N) is 1. The number of hydrogen-bond donors (Lipinski definition) is 0. The predicted molar refractivity (Wildman–Crippen MR) is 82.7 cm³/mol. The van der Waals surface area contributed by atoms with Crippen molar-refractivity contribution in [1.29, 1.82) is 0 Å². The maximum absolute atomic E-state index is 12.5. The quantitative estimate of drug-likeness (QED) is 0.774. The molecule has 1 aliphatic rings. The van der Waals surface area contributed by atoms with Gasteiger partial charge in [0.2, 0.25) is 0 Å². The van der Waals surface area contributed by atoms with E-state index < -0.39 is 0 Å². The fourth-order valence-corrected chi connectivity index (χ4v) is 3.17. The van der Waals surface area contributed by atoms with Gasteiger partial charge in [-0.15, -0.1) is 0 Å². The Bertz CT molecular complexity index is 485. The van der Waals surface area contributed by atoms with Gasteiger partial charge in [-0.25, -0.2) is 0 Å². The van der Waals surface area contributed by atoms with Gasteiger partial charge >= 0.3 is 0 Å². The average molecular weight is 345 g/mol. The minimum atomic E-state index is 0.0955. The van der Waals surface area contributed by atoms with Crippen molar-refractivity contribution >= 4 is 33.4 Å². The molecule has 2 rings (SSSR count). The molecule has 0 atom stereocenters. The Balaban J connectivity index is 2.15. The number of halogens is 2. The van der Waals surface area contributed by atoms with E-state index in [1.165, 1.54) is 0 Å². The largest absolute Gasteiger partial charge is 0.338 e. The van der Waals surface area contributed by atoms with E-state index >= 15 is 0 Å². The van der Waals surface area contributed by atoms with Crippen LogP contribution in [0, 0.1) is 5.41 Å². The highest BCUT2D eigenvalue weighted by molar-refractivity contribution is 9.10. The molecule has 0 radical (unpaired) electrons. The van der Waals surface area contributed by atoms with E-state index in [-0.39, 0.29) is 5.91 Å². The lowest BCUT2D eigenvalue weighted by Crippen LogP contribution is -2.31. The summed E-state index contributed by atoms with van der Waals surface area (Å²) in [4.78, 5) is 14.4. The molecule has 1 amide bonds. The van der Waals surface area contributed by atoms with E-state index in [1.807, 2.05) is 17.0 Å². The summed E-state index contributed by atoms with van der Waals surface area (Å²) >= 11 is 9.40. The molecule has 0 bridgehead atoms. The van der Waals surface area contributed by atoms with E-state index in [0.717, 1.165) is 36.8 Å². The van der Waals surface area contributed by atoms with Gasteiger partial charge in [0.25, 0.3) is 5.91 Å². The second-order valence-corrected chi connectivity index (χ2v) is 6.57. The first-order chi connectivity index (χ1) is 9.01. The minimum Gasteiger partial charge on any atom is -0.338 e. The molecular formula is C15H19BrClNO. The summed E-state index contributed by atoms with van der Waals surface area (Å²) in [7, 11) is 0. The third-order valence-electron chi connectivity index (χ3n) is 4.39. The lowest BCUT2D eigenvalue weighted by molar-refractivity contribution is 0.0770. The van der Waals surface area contributed by atoms with Gasteiger partial charge in [-0.3, -0.25) is 4.79 Å². The lowest BCUT2D eigenvalue weighted by atomic mass is 9.82. The summed E-state index contributed by atoms with van der Waals surface area (Å²) in [5.41, 5.74) is 0.991. The highest BCUT2D eigenvalue weighted by Crippen LogP contribution is 2.37. The lowest BCUT2D eigenvalue weighted by Gasteiger charge is -2.26. The van der Waals surface area contributed by atoms with Crippen LogP contribution in [0.15, 0.2) is 22.7 Å². The molecule has 1 aliphatic heterocycles. The Morgan fingerprint density at radius 3 is 2.63 bits per heavy atom. The molecule has 1 saturated heterocycles. The fourth-order valence-electron chi connectivity index (χ4n) is 2.75. The van der Waals surface area contributed by atoms with Crippen LogP contribution in [0.2, 0.25) is 5.02 Å². The zero-order valence-corrected chi connectivity index (χ0v) is 13.7. The molecule has 2 nitrogen and oxygen atoms in total. The number of amides is 1. The first-order valence-electron chi connectivity index (χ1n) is 6.75. The fraction of sp³-hybridized carbons (Fsp3) is 0.533. The van der Waals surface area contributed by atoms with Crippen molar-refractivity contribution in [3.63, 3.8) is 0 Å². The molecule has 1 fully saturated rings. The molecule has 0 aliphatic carbocycles. The van der Waals surface area contributed by atoms with Crippen molar-refractivity contribution in [2.45, 2.75) is 33.1 Å². The SMILES string of the molecule is CCC1(CC)CCN(C(=O)c2ccc(Br)c(Cl)c2)C1. The van der Waals surface area contributed by atoms with Gasteiger partial charge in [0.15, 0.2) is 0 Å². The first-order valence-corrected chi connectivity index (χ1v) is 7.93. The van der Waals surface area contributed by atoms with Crippen LogP contribution in [-0.4, -0.2) is 23.9 Å². The average Bonchev–Trinajstić information content (AvgIpc) is 2.86. The van der Waals surface area contributed by atoms with Crippen LogP contribution in [0.1, 0.15) is 43.5 Å². The molecular weight excluding hydrogens is 326 g/mol. The van der Waals surface area contributed by atoms with Crippen molar-refractivity contribution in [2.75, 3.05) is 13.1 Å². The van der Waals surface area contributed by atoms with Gasteiger partial charge in [-0.05, 0) is 58.8 Å². The molecule has 1 heterocycles. The summed E-state index contributed by atoms with van der Waals surface area (Å²) in [6, 6.07) is 5.40. The number of carbonyl (C=O) groups excluding carboxylic acids is 1. The van der Waals surface area contributed by atoms with Crippen molar-refractivity contribution in [3.8, 4) is 0 Å². The van der Waals surface area contributed by atoms with Gasteiger partial charge in [-0.2, -0.15) is 0 Å². The van der Waals surface area contributed by atoms with Gasteiger partial charge in [-0.1, -0.05) is 25.4 Å². The maximum atomic E-state index is 12.5. The topological polar surface area (TPSA) is 20.3 Å². The van der Waals surface area contributed by atoms with Gasteiger partial charge in [0, 0.05) is 23.1 Å². The standard InChI is InChI=1S/C15H19BrClNO/c1-3-15(4-2)7-8-18(10-15)14(19)11-5-6-12(16)13(17)9-11/h5-6,9H,3-4,7-8,10H2,1-2H3. The molecule has 0 unspecified atom stereocenters. The Morgan fingerprint density at radius 1 is 1.42 bits per heavy atom. The smallest absolute Gasteiger partial charge is 0.253 e. The molecule has 104 valence electrons. The monoisotopic (exact) mass is 343 g/mol. The number of hydrogen-bond acceptors (Lipinski definition) is 1. The van der Waals surface area contributed by atoms with E-state index in [2.05, 4.69) is 29.8 Å². The minimum absolute atomic E-state index is 0.0955. The molecule has 1 aromatic carbocycles. The summed E-state index contributed by atoms with van der Waals surface area (Å²) < 4.78 is 0.823. The molecule has 0 N–H and O–H groups in total. The van der Waals surface area contributed by atoms with E-state index in [1.54, 1.807) is 6.07 Å². The van der Waals surface area contributed by atoms with Gasteiger partial charge in [0.1, 0.15) is 0 Å². The van der Waals surface area contributed by atoms with Crippen LogP contribution in [0.3, 0.4) is 0 Å². The van der Waals surface area contributed by atoms with Crippen molar-refractivity contribution in [2.24, 2.45) is 5.41 Å². The molecule has 1 aromatic rings. The van der Waals surface area contributed by atoms with E-state index in [9.17, 15) is 4.79 Å². The van der Waals surface area contributed by atoms with Crippen LogP contribution in [0.4, 0.5) is 0 Å². The number of likely N-dealkylation sites (tertiary alicyclic amines) is 1.